The number of carboxylic acids is 1. The number of carbonyl (C=O) groups is 1. The highest BCUT2D eigenvalue weighted by Gasteiger charge is 2.19. The molecule has 22 heavy (non-hydrogen) atoms. The zero-order valence-electron chi connectivity index (χ0n) is 12.3. The van der Waals surface area contributed by atoms with Gasteiger partial charge >= 0.3 is 5.97 Å². The van der Waals surface area contributed by atoms with Crippen molar-refractivity contribution in [3.8, 4) is 0 Å². The smallest absolute Gasteiger partial charge is 0.317 e. The first-order valence-electron chi connectivity index (χ1n) is 6.90. The lowest BCUT2D eigenvalue weighted by Gasteiger charge is -2.11. The van der Waals surface area contributed by atoms with E-state index in [0.29, 0.717) is 6.42 Å². The Morgan fingerprint density at radius 3 is 2.86 bits per heavy atom. The van der Waals surface area contributed by atoms with Crippen molar-refractivity contribution in [2.75, 3.05) is 11.5 Å². The molecule has 8 heteroatoms. The Balaban J connectivity index is 2.15. The van der Waals surface area contributed by atoms with E-state index in [1.54, 1.807) is 27.8 Å². The molecule has 0 aliphatic heterocycles. The maximum atomic E-state index is 11.2. The van der Waals surface area contributed by atoms with E-state index in [-0.39, 0.29) is 0 Å². The monoisotopic (exact) mass is 393 g/mol. The van der Waals surface area contributed by atoms with Gasteiger partial charge in [0.1, 0.15) is 13.8 Å². The van der Waals surface area contributed by atoms with Gasteiger partial charge in [0, 0.05) is 11.9 Å². The number of rotatable bonds is 10. The van der Waals surface area contributed by atoms with E-state index >= 15 is 0 Å². The highest BCUT2D eigenvalue weighted by atomic mass is 33.1. The third-order valence-corrected chi connectivity index (χ3v) is 7.58. The molecule has 0 saturated heterocycles. The van der Waals surface area contributed by atoms with E-state index in [2.05, 4.69) is 4.98 Å². The third-order valence-electron chi connectivity index (χ3n) is 2.50. The van der Waals surface area contributed by atoms with Crippen molar-refractivity contribution in [3.63, 3.8) is 0 Å². The Kier molecular flexibility index (Phi) is 11.5. The lowest BCUT2D eigenvalue weighted by atomic mass is 10.2. The number of thioether (sulfide) groups is 2. The van der Waals surface area contributed by atoms with Gasteiger partial charge in [-0.3, -0.25) is 4.79 Å². The van der Waals surface area contributed by atoms with Gasteiger partial charge in [-0.2, -0.15) is 0 Å². The summed E-state index contributed by atoms with van der Waals surface area (Å²) in [4.78, 5) is 15.5. The summed E-state index contributed by atoms with van der Waals surface area (Å²) in [7, 11) is 3.42. The van der Waals surface area contributed by atoms with Crippen LogP contribution in [0.15, 0.2) is 29.4 Å². The fraction of sp³-hybridized carbons (Fsp3) is 0.500. The van der Waals surface area contributed by atoms with E-state index in [0.717, 1.165) is 32.9 Å². The fourth-order valence-corrected chi connectivity index (χ4v) is 6.05. The second kappa shape index (κ2) is 12.5. The number of aromatic nitrogens is 1. The van der Waals surface area contributed by atoms with Crippen LogP contribution in [0.4, 0.5) is 0 Å². The zero-order chi connectivity index (χ0) is 16.2. The molecule has 0 aliphatic rings. The minimum absolute atomic E-state index is 0.417. The molecule has 1 unspecified atom stereocenters. The summed E-state index contributed by atoms with van der Waals surface area (Å²) in [5, 5.41) is 9.83. The van der Waals surface area contributed by atoms with Gasteiger partial charge in [-0.25, -0.2) is 4.98 Å². The predicted octanol–water partition coefficient (Wildman–Crippen LogP) is 5.22. The van der Waals surface area contributed by atoms with Crippen LogP contribution in [0.2, 0.25) is 0 Å². The molecule has 1 aromatic heterocycles. The molecule has 1 atom stereocenters. The van der Waals surface area contributed by atoms with Gasteiger partial charge in [0.25, 0.3) is 0 Å². The van der Waals surface area contributed by atoms with Crippen LogP contribution < -0.4 is 0 Å². The molecule has 0 fully saturated rings. The molecule has 1 rings (SSSR count). The van der Waals surface area contributed by atoms with E-state index < -0.39 is 11.2 Å². The Labute approximate surface area is 153 Å². The van der Waals surface area contributed by atoms with Crippen molar-refractivity contribution in [3.05, 3.63) is 24.4 Å². The molecule has 3 nitrogen and oxygen atoms in total. The van der Waals surface area contributed by atoms with Gasteiger partial charge in [0.05, 0.1) is 0 Å². The largest absolute Gasteiger partial charge is 0.480 e. The number of unbranched alkanes of at least 4 members (excludes halogenated alkanes) is 1. The summed E-state index contributed by atoms with van der Waals surface area (Å²) in [6.07, 6.45) is 4.36. The van der Waals surface area contributed by atoms with Gasteiger partial charge in [-0.15, -0.1) is 11.8 Å². The quantitative estimate of drug-likeness (QED) is 0.330. The average molecular weight is 394 g/mol. The number of nitrogens with zero attached hydrogens (tertiary/aromatic N) is 1. The number of aliphatic carboxylic acids is 1. The standard InChI is InChI=1S/C14H19NO2S5/c1-2-19-14(18)21-11(13(16)17)7-4-6-10-20-22-12-8-3-5-9-15-12/h3,5,8-9,11H,2,4,6-7,10H2,1H3,(H,16,17). The first-order valence-corrected chi connectivity index (χ1v) is 11.5. The molecule has 0 amide bonds. The number of pyridine rings is 1. The highest BCUT2D eigenvalue weighted by Crippen LogP contribution is 2.30. The maximum absolute atomic E-state index is 11.2. The van der Waals surface area contributed by atoms with Crippen molar-refractivity contribution in [1.29, 1.82) is 0 Å². The molecule has 0 aromatic carbocycles. The summed E-state index contributed by atoms with van der Waals surface area (Å²) in [5.74, 6) is 1.12. The molecule has 0 spiro atoms. The number of thiocarbonyl (C=S) groups is 1. The van der Waals surface area contributed by atoms with Crippen molar-refractivity contribution in [2.24, 2.45) is 0 Å². The SMILES string of the molecule is CCSC(=S)SC(CCCCSSc1ccccn1)C(=O)O. The van der Waals surface area contributed by atoms with Crippen LogP contribution in [0, 0.1) is 0 Å². The topological polar surface area (TPSA) is 50.2 Å². The van der Waals surface area contributed by atoms with Gasteiger partial charge in [0.15, 0.2) is 0 Å². The van der Waals surface area contributed by atoms with Crippen LogP contribution in [0.1, 0.15) is 26.2 Å². The summed E-state index contributed by atoms with van der Waals surface area (Å²) in [6.45, 7) is 2.02. The van der Waals surface area contributed by atoms with Crippen LogP contribution in [-0.2, 0) is 4.79 Å². The second-order valence-corrected chi connectivity index (χ2v) is 10.3. The van der Waals surface area contributed by atoms with Crippen molar-refractivity contribution in [1.82, 2.24) is 4.98 Å². The van der Waals surface area contributed by atoms with E-state index in [4.69, 9.17) is 12.2 Å². The van der Waals surface area contributed by atoms with E-state index in [9.17, 15) is 9.90 Å². The minimum atomic E-state index is -0.764. The first kappa shape index (κ1) is 20.2. The molecule has 0 saturated carbocycles. The highest BCUT2D eigenvalue weighted by molar-refractivity contribution is 8.76. The lowest BCUT2D eigenvalue weighted by Crippen LogP contribution is -2.17. The van der Waals surface area contributed by atoms with Crippen molar-refractivity contribution >= 4 is 66.8 Å². The zero-order valence-corrected chi connectivity index (χ0v) is 16.3. The molecule has 0 bridgehead atoms. The van der Waals surface area contributed by atoms with Crippen LogP contribution in [-0.4, -0.2) is 36.3 Å². The van der Waals surface area contributed by atoms with Crippen LogP contribution in [0.3, 0.4) is 0 Å². The van der Waals surface area contributed by atoms with Crippen LogP contribution in [0.25, 0.3) is 0 Å². The minimum Gasteiger partial charge on any atom is -0.480 e. The molecule has 1 heterocycles. The Morgan fingerprint density at radius 2 is 2.23 bits per heavy atom. The number of hydrogen-bond donors (Lipinski definition) is 1. The average Bonchev–Trinajstić information content (AvgIpc) is 2.50. The predicted molar refractivity (Wildman–Crippen MR) is 106 cm³/mol. The Morgan fingerprint density at radius 1 is 1.41 bits per heavy atom. The van der Waals surface area contributed by atoms with Gasteiger partial charge in [-0.05, 0) is 41.5 Å². The van der Waals surface area contributed by atoms with E-state index in [1.165, 1.54) is 23.5 Å². The fourth-order valence-electron chi connectivity index (χ4n) is 1.49. The third kappa shape index (κ3) is 9.29. The van der Waals surface area contributed by atoms with Gasteiger partial charge in [0.2, 0.25) is 0 Å². The summed E-state index contributed by atoms with van der Waals surface area (Å²) in [5.41, 5.74) is 0. The molecule has 1 N–H and O–H groups in total. The van der Waals surface area contributed by atoms with Gasteiger partial charge in [-0.1, -0.05) is 54.2 Å². The summed E-state index contributed by atoms with van der Waals surface area (Å²) in [6, 6.07) is 5.86. The molecular weight excluding hydrogens is 374 g/mol. The summed E-state index contributed by atoms with van der Waals surface area (Å²) >= 11 is 8.02. The second-order valence-electron chi connectivity index (χ2n) is 4.20. The Hall–Kier alpha value is 0.110. The number of hydrogen-bond acceptors (Lipinski definition) is 7. The normalized spacial score (nSPS) is 12.0. The van der Waals surface area contributed by atoms with Crippen LogP contribution >= 0.6 is 57.3 Å². The molecule has 122 valence electrons. The molecule has 0 radical (unpaired) electrons. The van der Waals surface area contributed by atoms with E-state index in [1.807, 2.05) is 25.1 Å². The van der Waals surface area contributed by atoms with Crippen molar-refractivity contribution in [2.45, 2.75) is 36.5 Å². The number of carboxylic acid groups (broad SMARTS) is 1. The lowest BCUT2D eigenvalue weighted by molar-refractivity contribution is -0.136. The Bertz CT molecular complexity index is 458. The summed E-state index contributed by atoms with van der Waals surface area (Å²) < 4.78 is 0.731. The van der Waals surface area contributed by atoms with Crippen molar-refractivity contribution < 1.29 is 9.90 Å². The van der Waals surface area contributed by atoms with Gasteiger partial charge < -0.3 is 5.11 Å². The molecule has 0 aliphatic carbocycles. The van der Waals surface area contributed by atoms with Crippen LogP contribution in [0.5, 0.6) is 0 Å². The molecule has 1 aromatic rings. The molecular formula is C14H19NO2S5. The first-order chi connectivity index (χ1) is 10.6. The maximum Gasteiger partial charge on any atom is 0.317 e.